The van der Waals surface area contributed by atoms with Crippen LogP contribution in [0.3, 0.4) is 0 Å². The second kappa shape index (κ2) is 5.97. The van der Waals surface area contributed by atoms with Crippen molar-refractivity contribution >= 4 is 0 Å². The van der Waals surface area contributed by atoms with Crippen molar-refractivity contribution in [2.45, 2.75) is 56.3 Å². The number of hydrogen-bond acceptors (Lipinski definition) is 3. The quantitative estimate of drug-likeness (QED) is 0.859. The van der Waals surface area contributed by atoms with E-state index >= 15 is 0 Å². The molecular formula is C13H23F3N2O. The Kier molecular flexibility index (Phi) is 4.74. The Hall–Kier alpha value is -0.330. The summed E-state index contributed by atoms with van der Waals surface area (Å²) in [6.07, 6.45) is 1.49. The molecule has 3 nitrogen and oxygen atoms in total. The van der Waals surface area contributed by atoms with Gasteiger partial charge in [-0.05, 0) is 25.7 Å². The van der Waals surface area contributed by atoms with Gasteiger partial charge in [-0.2, -0.15) is 13.2 Å². The number of nitrogens with zero attached hydrogens (tertiary/aromatic N) is 1. The van der Waals surface area contributed by atoms with E-state index in [2.05, 4.69) is 0 Å². The highest BCUT2D eigenvalue weighted by molar-refractivity contribution is 4.94. The van der Waals surface area contributed by atoms with E-state index < -0.39 is 12.7 Å². The molecule has 1 saturated heterocycles. The van der Waals surface area contributed by atoms with Crippen molar-refractivity contribution in [2.75, 3.05) is 26.2 Å². The molecule has 2 aliphatic rings. The molecule has 0 aromatic carbocycles. The maximum atomic E-state index is 12.6. The van der Waals surface area contributed by atoms with Gasteiger partial charge < -0.3 is 10.5 Å². The minimum atomic E-state index is -4.16. The van der Waals surface area contributed by atoms with Crippen LogP contribution in [0.15, 0.2) is 0 Å². The lowest BCUT2D eigenvalue weighted by molar-refractivity contribution is -0.164. The maximum Gasteiger partial charge on any atom is 0.401 e. The number of halogens is 3. The molecule has 19 heavy (non-hydrogen) atoms. The van der Waals surface area contributed by atoms with E-state index in [-0.39, 0.29) is 18.2 Å². The first-order chi connectivity index (χ1) is 8.94. The SMILES string of the molecule is NCCN(CC(F)(F)F)C1CCOC2(CCCC2)C1. The first-order valence-electron chi connectivity index (χ1n) is 7.09. The van der Waals surface area contributed by atoms with Gasteiger partial charge in [0, 0.05) is 25.7 Å². The molecule has 2 rings (SSSR count). The van der Waals surface area contributed by atoms with Gasteiger partial charge in [0.25, 0.3) is 0 Å². The summed E-state index contributed by atoms with van der Waals surface area (Å²) >= 11 is 0. The van der Waals surface area contributed by atoms with Gasteiger partial charge in [0.2, 0.25) is 0 Å². The second-order valence-corrected chi connectivity index (χ2v) is 5.76. The van der Waals surface area contributed by atoms with Gasteiger partial charge in [-0.1, -0.05) is 12.8 Å². The third kappa shape index (κ3) is 4.07. The van der Waals surface area contributed by atoms with Gasteiger partial charge >= 0.3 is 6.18 Å². The molecule has 0 radical (unpaired) electrons. The van der Waals surface area contributed by atoms with E-state index in [1.165, 1.54) is 4.90 Å². The van der Waals surface area contributed by atoms with Crippen molar-refractivity contribution in [3.05, 3.63) is 0 Å². The summed E-state index contributed by atoms with van der Waals surface area (Å²) in [7, 11) is 0. The van der Waals surface area contributed by atoms with Crippen LogP contribution in [0.25, 0.3) is 0 Å². The first kappa shape index (κ1) is 15.1. The van der Waals surface area contributed by atoms with Crippen molar-refractivity contribution in [3.63, 3.8) is 0 Å². The molecule has 1 atom stereocenters. The van der Waals surface area contributed by atoms with Crippen LogP contribution in [0.2, 0.25) is 0 Å². The van der Waals surface area contributed by atoms with Crippen LogP contribution in [0.1, 0.15) is 38.5 Å². The van der Waals surface area contributed by atoms with Crippen LogP contribution in [0, 0.1) is 0 Å². The number of alkyl halides is 3. The molecule has 1 spiro atoms. The van der Waals surface area contributed by atoms with Crippen LogP contribution >= 0.6 is 0 Å². The fraction of sp³-hybridized carbons (Fsp3) is 1.00. The molecule has 1 aliphatic heterocycles. The standard InChI is InChI=1S/C13H23F3N2O/c14-13(15,16)10-18(7-6-17)11-3-8-19-12(9-11)4-1-2-5-12/h11H,1-10,17H2. The Bertz CT molecular complexity index is 290. The molecule has 0 aromatic rings. The molecule has 1 aliphatic carbocycles. The lowest BCUT2D eigenvalue weighted by Crippen LogP contribution is -2.51. The van der Waals surface area contributed by atoms with E-state index in [0.29, 0.717) is 19.6 Å². The highest BCUT2D eigenvalue weighted by atomic mass is 19.4. The van der Waals surface area contributed by atoms with Gasteiger partial charge in [-0.15, -0.1) is 0 Å². The summed E-state index contributed by atoms with van der Waals surface area (Å²) in [5.74, 6) is 0. The summed E-state index contributed by atoms with van der Waals surface area (Å²) < 4.78 is 43.8. The lowest BCUT2D eigenvalue weighted by Gasteiger charge is -2.43. The monoisotopic (exact) mass is 280 g/mol. The van der Waals surface area contributed by atoms with Crippen LogP contribution in [0.4, 0.5) is 13.2 Å². The lowest BCUT2D eigenvalue weighted by atomic mass is 9.88. The van der Waals surface area contributed by atoms with Gasteiger partial charge in [-0.3, -0.25) is 4.90 Å². The summed E-state index contributed by atoms with van der Waals surface area (Å²) in [6, 6.07) is -0.0444. The largest absolute Gasteiger partial charge is 0.401 e. The normalized spacial score (nSPS) is 27.3. The Morgan fingerprint density at radius 3 is 2.53 bits per heavy atom. The van der Waals surface area contributed by atoms with Gasteiger partial charge in [0.1, 0.15) is 0 Å². The average molecular weight is 280 g/mol. The maximum absolute atomic E-state index is 12.6. The number of nitrogens with two attached hydrogens (primary N) is 1. The van der Waals surface area contributed by atoms with E-state index in [1.54, 1.807) is 0 Å². The van der Waals surface area contributed by atoms with E-state index in [1.807, 2.05) is 0 Å². The molecule has 1 unspecified atom stereocenters. The Balaban J connectivity index is 1.99. The molecule has 0 bridgehead atoms. The molecule has 6 heteroatoms. The third-order valence-corrected chi connectivity index (χ3v) is 4.30. The predicted molar refractivity (Wildman–Crippen MR) is 66.9 cm³/mol. The van der Waals surface area contributed by atoms with Crippen LogP contribution in [-0.4, -0.2) is 49.0 Å². The molecule has 1 heterocycles. The van der Waals surface area contributed by atoms with Crippen LogP contribution in [0.5, 0.6) is 0 Å². The number of ether oxygens (including phenoxy) is 1. The molecular weight excluding hydrogens is 257 g/mol. The number of hydrogen-bond donors (Lipinski definition) is 1. The van der Waals surface area contributed by atoms with Gasteiger partial charge in [-0.25, -0.2) is 0 Å². The molecule has 0 aromatic heterocycles. The highest BCUT2D eigenvalue weighted by Crippen LogP contribution is 2.41. The van der Waals surface area contributed by atoms with Crippen LogP contribution in [-0.2, 0) is 4.74 Å². The minimum absolute atomic E-state index is 0.0444. The van der Waals surface area contributed by atoms with Crippen molar-refractivity contribution in [1.82, 2.24) is 4.90 Å². The molecule has 1 saturated carbocycles. The van der Waals surface area contributed by atoms with Crippen molar-refractivity contribution < 1.29 is 17.9 Å². The second-order valence-electron chi connectivity index (χ2n) is 5.76. The van der Waals surface area contributed by atoms with Crippen LogP contribution < -0.4 is 5.73 Å². The summed E-state index contributed by atoms with van der Waals surface area (Å²) in [5.41, 5.74) is 5.31. The van der Waals surface area contributed by atoms with E-state index in [4.69, 9.17) is 10.5 Å². The topological polar surface area (TPSA) is 38.5 Å². The average Bonchev–Trinajstić information content (AvgIpc) is 2.75. The Morgan fingerprint density at radius 2 is 1.95 bits per heavy atom. The van der Waals surface area contributed by atoms with Crippen molar-refractivity contribution in [2.24, 2.45) is 5.73 Å². The van der Waals surface area contributed by atoms with Gasteiger partial charge in [0.15, 0.2) is 0 Å². The zero-order valence-electron chi connectivity index (χ0n) is 11.2. The van der Waals surface area contributed by atoms with Crippen molar-refractivity contribution in [1.29, 1.82) is 0 Å². The fourth-order valence-electron chi connectivity index (χ4n) is 3.47. The zero-order valence-corrected chi connectivity index (χ0v) is 11.2. The highest BCUT2D eigenvalue weighted by Gasteiger charge is 2.43. The zero-order chi connectivity index (χ0) is 13.9. The molecule has 0 amide bonds. The van der Waals surface area contributed by atoms with Crippen molar-refractivity contribution in [3.8, 4) is 0 Å². The van der Waals surface area contributed by atoms with E-state index in [9.17, 15) is 13.2 Å². The fourth-order valence-corrected chi connectivity index (χ4v) is 3.47. The Labute approximate surface area is 112 Å². The summed E-state index contributed by atoms with van der Waals surface area (Å²) in [5, 5.41) is 0. The molecule has 2 fully saturated rings. The minimum Gasteiger partial charge on any atom is -0.375 e. The first-order valence-corrected chi connectivity index (χ1v) is 7.09. The number of rotatable bonds is 4. The predicted octanol–water partition coefficient (Wildman–Crippen LogP) is 2.30. The van der Waals surface area contributed by atoms with Gasteiger partial charge in [0.05, 0.1) is 12.1 Å². The van der Waals surface area contributed by atoms with E-state index in [0.717, 1.165) is 32.1 Å². The summed E-state index contributed by atoms with van der Waals surface area (Å²) in [6.45, 7) is 0.287. The Morgan fingerprint density at radius 1 is 1.26 bits per heavy atom. The smallest absolute Gasteiger partial charge is 0.375 e. The molecule has 2 N–H and O–H groups in total. The third-order valence-electron chi connectivity index (χ3n) is 4.30. The molecule has 112 valence electrons. The summed E-state index contributed by atoms with van der Waals surface area (Å²) in [4.78, 5) is 1.50.